The summed E-state index contributed by atoms with van der Waals surface area (Å²) in [6, 6.07) is 13.8. The molecule has 2 aromatic carbocycles. The van der Waals surface area contributed by atoms with Crippen molar-refractivity contribution < 1.29 is 18.8 Å². The van der Waals surface area contributed by atoms with E-state index >= 15 is 0 Å². The highest BCUT2D eigenvalue weighted by Crippen LogP contribution is 2.25. The van der Waals surface area contributed by atoms with Crippen molar-refractivity contribution in [1.82, 2.24) is 9.47 Å². The number of ether oxygens (including phenoxy) is 1. The molecule has 2 aliphatic rings. The van der Waals surface area contributed by atoms with Crippen LogP contribution in [0.2, 0.25) is 0 Å². The minimum atomic E-state index is -0.405. The van der Waals surface area contributed by atoms with Crippen LogP contribution in [0.4, 0.5) is 0 Å². The molecule has 0 aliphatic carbocycles. The molecule has 0 bridgehead atoms. The minimum absolute atomic E-state index is 0.0981. The van der Waals surface area contributed by atoms with E-state index in [4.69, 9.17) is 9.15 Å². The molecule has 1 N–H and O–H groups in total. The normalized spacial score (nSPS) is 16.6. The molecule has 1 amide bonds. The highest BCUT2D eigenvalue weighted by molar-refractivity contribution is 5.77. The number of fused-ring (bicyclic) bond motifs is 2. The van der Waals surface area contributed by atoms with E-state index in [9.17, 15) is 9.59 Å². The van der Waals surface area contributed by atoms with Crippen molar-refractivity contribution in [2.75, 3.05) is 32.8 Å². The number of carbonyl (C=O) groups is 1. The molecule has 7 heteroatoms. The maximum atomic E-state index is 12.7. The second-order valence-electron chi connectivity index (χ2n) is 8.09. The number of amides is 1. The number of quaternary nitrogens is 1. The van der Waals surface area contributed by atoms with Crippen molar-refractivity contribution in [1.29, 1.82) is 0 Å². The summed E-state index contributed by atoms with van der Waals surface area (Å²) in [5, 5.41) is 0. The average molecular weight is 408 g/mol. The van der Waals surface area contributed by atoms with E-state index in [1.165, 1.54) is 16.0 Å². The molecule has 0 saturated carbocycles. The number of nitrogens with one attached hydrogen (secondary N) is 1. The second-order valence-corrected chi connectivity index (χ2v) is 8.09. The Balaban J connectivity index is 1.14. The summed E-state index contributed by atoms with van der Waals surface area (Å²) < 4.78 is 12.4. The highest BCUT2D eigenvalue weighted by atomic mass is 16.5. The number of carbonyl (C=O) groups excluding carboxylic acids is 1. The van der Waals surface area contributed by atoms with Crippen LogP contribution >= 0.6 is 0 Å². The van der Waals surface area contributed by atoms with Gasteiger partial charge in [-0.1, -0.05) is 12.1 Å². The molecular formula is C23H26N3O4+. The molecule has 30 heavy (non-hydrogen) atoms. The third kappa shape index (κ3) is 3.73. The molecular weight excluding hydrogens is 382 g/mol. The van der Waals surface area contributed by atoms with Gasteiger partial charge in [0.15, 0.2) is 5.58 Å². The van der Waals surface area contributed by atoms with Gasteiger partial charge in [0.05, 0.1) is 38.3 Å². The predicted molar refractivity (Wildman–Crippen MR) is 112 cm³/mol. The SMILES string of the molecule is O=C(CCn1c(=O)oc2ccccc21)N1CC[NH+](Cc2ccc3c(c2)CCO3)CC1. The van der Waals surface area contributed by atoms with Crippen molar-refractivity contribution in [2.45, 2.75) is 25.9 Å². The lowest BCUT2D eigenvalue weighted by Gasteiger charge is -2.32. The fraction of sp³-hybridized carbons (Fsp3) is 0.391. The van der Waals surface area contributed by atoms with Gasteiger partial charge in [-0.2, -0.15) is 0 Å². The minimum Gasteiger partial charge on any atom is -0.493 e. The first-order valence-electron chi connectivity index (χ1n) is 10.6. The molecule has 0 atom stereocenters. The highest BCUT2D eigenvalue weighted by Gasteiger charge is 2.24. The Kier molecular flexibility index (Phi) is 5.04. The van der Waals surface area contributed by atoms with Gasteiger partial charge < -0.3 is 19.0 Å². The topological polar surface area (TPSA) is 69.1 Å². The van der Waals surface area contributed by atoms with Crippen molar-refractivity contribution in [3.63, 3.8) is 0 Å². The third-order valence-electron chi connectivity index (χ3n) is 6.15. The number of oxazole rings is 1. The summed E-state index contributed by atoms with van der Waals surface area (Å²) >= 11 is 0. The molecule has 1 aromatic heterocycles. The van der Waals surface area contributed by atoms with E-state index in [2.05, 4.69) is 18.2 Å². The van der Waals surface area contributed by atoms with Gasteiger partial charge in [-0.15, -0.1) is 0 Å². The van der Waals surface area contributed by atoms with E-state index in [1.807, 2.05) is 23.1 Å². The number of nitrogens with zero attached hydrogens (tertiary/aromatic N) is 2. The van der Waals surface area contributed by atoms with E-state index in [-0.39, 0.29) is 5.91 Å². The number of piperazine rings is 1. The fourth-order valence-electron chi connectivity index (χ4n) is 4.48. The predicted octanol–water partition coefficient (Wildman–Crippen LogP) is 0.847. The molecule has 0 unspecified atom stereocenters. The molecule has 1 saturated heterocycles. The summed E-state index contributed by atoms with van der Waals surface area (Å²) in [6.07, 6.45) is 1.30. The lowest BCUT2D eigenvalue weighted by Crippen LogP contribution is -3.13. The number of hydrogen-bond acceptors (Lipinski definition) is 4. The lowest BCUT2D eigenvalue weighted by atomic mass is 10.1. The van der Waals surface area contributed by atoms with Gasteiger partial charge in [0.25, 0.3) is 0 Å². The summed E-state index contributed by atoms with van der Waals surface area (Å²) in [6.45, 7) is 5.49. The first-order chi connectivity index (χ1) is 14.7. The number of hydrogen-bond donors (Lipinski definition) is 1. The molecule has 5 rings (SSSR count). The monoisotopic (exact) mass is 408 g/mol. The van der Waals surface area contributed by atoms with Crippen molar-refractivity contribution in [3.05, 3.63) is 64.1 Å². The van der Waals surface area contributed by atoms with Crippen LogP contribution in [0.5, 0.6) is 5.75 Å². The number of aromatic nitrogens is 1. The lowest BCUT2D eigenvalue weighted by molar-refractivity contribution is -0.917. The smallest absolute Gasteiger partial charge is 0.419 e. The number of benzene rings is 2. The van der Waals surface area contributed by atoms with Gasteiger partial charge in [0.1, 0.15) is 12.3 Å². The van der Waals surface area contributed by atoms with E-state index in [0.717, 1.165) is 57.0 Å². The van der Waals surface area contributed by atoms with Crippen LogP contribution in [0.3, 0.4) is 0 Å². The van der Waals surface area contributed by atoms with Crippen molar-refractivity contribution in [2.24, 2.45) is 0 Å². The Morgan fingerprint density at radius 2 is 1.93 bits per heavy atom. The molecule has 2 aliphatic heterocycles. The Morgan fingerprint density at radius 1 is 1.10 bits per heavy atom. The molecule has 3 heterocycles. The van der Waals surface area contributed by atoms with Crippen LogP contribution in [-0.4, -0.2) is 48.2 Å². The van der Waals surface area contributed by atoms with Crippen LogP contribution in [-0.2, 0) is 24.3 Å². The second kappa shape index (κ2) is 7.99. The van der Waals surface area contributed by atoms with Gasteiger partial charge in [-0.05, 0) is 35.9 Å². The molecule has 0 spiro atoms. The Hall–Kier alpha value is -3.06. The average Bonchev–Trinajstić information content (AvgIpc) is 3.35. The quantitative estimate of drug-likeness (QED) is 0.680. The maximum absolute atomic E-state index is 12.7. The number of aryl methyl sites for hydroxylation is 1. The first kappa shape index (κ1) is 18.9. The largest absolute Gasteiger partial charge is 0.493 e. The fourth-order valence-corrected chi connectivity index (χ4v) is 4.48. The first-order valence-corrected chi connectivity index (χ1v) is 10.6. The van der Waals surface area contributed by atoms with Crippen LogP contribution in [0.15, 0.2) is 51.7 Å². The maximum Gasteiger partial charge on any atom is 0.419 e. The van der Waals surface area contributed by atoms with Gasteiger partial charge in [0.2, 0.25) is 5.91 Å². The van der Waals surface area contributed by atoms with Crippen molar-refractivity contribution in [3.8, 4) is 5.75 Å². The standard InChI is InChI=1S/C23H25N3O4/c27-22(7-9-26-19-3-1-2-4-21(19)30-23(26)28)25-12-10-24(11-13-25)16-17-5-6-20-18(15-17)8-14-29-20/h1-6,15H,7-14,16H2/p+1. The Morgan fingerprint density at radius 3 is 2.80 bits per heavy atom. The summed E-state index contributed by atoms with van der Waals surface area (Å²) in [4.78, 5) is 28.2. The van der Waals surface area contributed by atoms with Crippen LogP contribution in [0.1, 0.15) is 17.5 Å². The molecule has 3 aromatic rings. The molecule has 7 nitrogen and oxygen atoms in total. The zero-order valence-electron chi connectivity index (χ0n) is 16.9. The van der Waals surface area contributed by atoms with Crippen molar-refractivity contribution >= 4 is 17.0 Å². The Labute approximate surface area is 174 Å². The van der Waals surface area contributed by atoms with Gasteiger partial charge in [-0.25, -0.2) is 4.79 Å². The molecule has 156 valence electrons. The van der Waals surface area contributed by atoms with E-state index in [1.54, 1.807) is 10.6 Å². The number of para-hydroxylation sites is 2. The van der Waals surface area contributed by atoms with Crippen LogP contribution < -0.4 is 15.4 Å². The third-order valence-corrected chi connectivity index (χ3v) is 6.15. The van der Waals surface area contributed by atoms with Crippen LogP contribution in [0, 0.1) is 0 Å². The zero-order chi connectivity index (χ0) is 20.5. The molecule has 0 radical (unpaired) electrons. The number of rotatable bonds is 5. The van der Waals surface area contributed by atoms with Gasteiger partial charge in [0, 0.05) is 24.9 Å². The molecule has 1 fully saturated rings. The van der Waals surface area contributed by atoms with E-state index in [0.29, 0.717) is 18.5 Å². The summed E-state index contributed by atoms with van der Waals surface area (Å²) in [5.74, 6) is 0.715. The van der Waals surface area contributed by atoms with Gasteiger partial charge >= 0.3 is 5.76 Å². The summed E-state index contributed by atoms with van der Waals surface area (Å²) in [5.41, 5.74) is 3.94. The Bertz CT molecular complexity index is 1120. The van der Waals surface area contributed by atoms with E-state index < -0.39 is 5.76 Å². The zero-order valence-corrected chi connectivity index (χ0v) is 16.9. The van der Waals surface area contributed by atoms with Gasteiger partial charge in [-0.3, -0.25) is 9.36 Å². The van der Waals surface area contributed by atoms with Crippen LogP contribution in [0.25, 0.3) is 11.1 Å². The summed E-state index contributed by atoms with van der Waals surface area (Å²) in [7, 11) is 0.